The van der Waals surface area contributed by atoms with Crippen molar-refractivity contribution in [3.63, 3.8) is 0 Å². The number of nitrogens with two attached hydrogens (primary N) is 1. The van der Waals surface area contributed by atoms with Crippen molar-refractivity contribution >= 4 is 10.8 Å². The molecule has 2 aromatic rings. The maximum Gasteiger partial charge on any atom is 0.0548 e. The quantitative estimate of drug-likeness (QED) is 0.917. The topological polar surface area (TPSA) is 43.1 Å². The minimum absolute atomic E-state index is 0.187. The van der Waals surface area contributed by atoms with E-state index < -0.39 is 10.8 Å². The van der Waals surface area contributed by atoms with Gasteiger partial charge in [-0.3, -0.25) is 4.21 Å². The largest absolute Gasteiger partial charge is 0.323 e. The van der Waals surface area contributed by atoms with Gasteiger partial charge in [-0.25, -0.2) is 0 Å². The molecule has 0 heterocycles. The van der Waals surface area contributed by atoms with E-state index in [4.69, 9.17) is 5.73 Å². The molecule has 0 aliphatic heterocycles. The highest BCUT2D eigenvalue weighted by atomic mass is 32.2. The minimum atomic E-state index is -1.05. The van der Waals surface area contributed by atoms with Gasteiger partial charge in [0.2, 0.25) is 0 Å². The van der Waals surface area contributed by atoms with E-state index in [0.717, 1.165) is 10.5 Å². The van der Waals surface area contributed by atoms with Gasteiger partial charge >= 0.3 is 0 Å². The van der Waals surface area contributed by atoms with Crippen LogP contribution in [0.25, 0.3) is 0 Å². The standard InChI is InChI=1S/C15H17NOS/c1-12-7-9-14(10-8-12)18(17)11-15(16)13-5-3-2-4-6-13/h2-10,15H,11,16H2,1H3. The van der Waals surface area contributed by atoms with Gasteiger partial charge in [-0.1, -0.05) is 48.0 Å². The van der Waals surface area contributed by atoms with Crippen molar-refractivity contribution in [2.24, 2.45) is 5.73 Å². The Kier molecular flexibility index (Phi) is 4.28. The number of benzene rings is 2. The zero-order valence-electron chi connectivity index (χ0n) is 10.4. The van der Waals surface area contributed by atoms with Gasteiger partial charge in [0.1, 0.15) is 0 Å². The Balaban J connectivity index is 2.06. The fraction of sp³-hybridized carbons (Fsp3) is 0.200. The first-order valence-corrected chi connectivity index (χ1v) is 7.24. The van der Waals surface area contributed by atoms with Crippen LogP contribution in [0, 0.1) is 6.92 Å². The third-order valence-corrected chi connectivity index (χ3v) is 4.30. The Morgan fingerprint density at radius 2 is 1.67 bits per heavy atom. The number of hydrogen-bond donors (Lipinski definition) is 1. The molecule has 0 radical (unpaired) electrons. The van der Waals surface area contributed by atoms with Crippen molar-refractivity contribution in [3.8, 4) is 0 Å². The number of rotatable bonds is 4. The fourth-order valence-electron chi connectivity index (χ4n) is 1.75. The second-order valence-corrected chi connectivity index (χ2v) is 5.84. The third-order valence-electron chi connectivity index (χ3n) is 2.84. The lowest BCUT2D eigenvalue weighted by Gasteiger charge is -2.11. The maximum atomic E-state index is 12.2. The summed E-state index contributed by atoms with van der Waals surface area (Å²) in [6.07, 6.45) is 0. The van der Waals surface area contributed by atoms with Crippen LogP contribution in [0.15, 0.2) is 59.5 Å². The van der Waals surface area contributed by atoms with E-state index in [-0.39, 0.29) is 6.04 Å². The highest BCUT2D eigenvalue weighted by molar-refractivity contribution is 7.85. The molecular weight excluding hydrogens is 242 g/mol. The molecule has 0 spiro atoms. The summed E-state index contributed by atoms with van der Waals surface area (Å²) in [6, 6.07) is 17.4. The lowest BCUT2D eigenvalue weighted by atomic mass is 10.1. The molecule has 94 valence electrons. The minimum Gasteiger partial charge on any atom is -0.323 e. The van der Waals surface area contributed by atoms with Crippen molar-refractivity contribution in [3.05, 3.63) is 65.7 Å². The molecule has 2 atom stereocenters. The van der Waals surface area contributed by atoms with Crippen LogP contribution in [0.2, 0.25) is 0 Å². The SMILES string of the molecule is Cc1ccc(S(=O)CC(N)c2ccccc2)cc1. The Morgan fingerprint density at radius 1 is 1.06 bits per heavy atom. The zero-order chi connectivity index (χ0) is 13.0. The maximum absolute atomic E-state index is 12.2. The molecule has 3 heteroatoms. The van der Waals surface area contributed by atoms with E-state index in [0.29, 0.717) is 5.75 Å². The molecule has 2 nitrogen and oxygen atoms in total. The molecule has 0 fully saturated rings. The molecule has 0 aliphatic rings. The fourth-order valence-corrected chi connectivity index (χ4v) is 2.90. The van der Waals surface area contributed by atoms with Crippen LogP contribution < -0.4 is 5.73 Å². The molecule has 0 amide bonds. The van der Waals surface area contributed by atoms with E-state index in [2.05, 4.69) is 0 Å². The van der Waals surface area contributed by atoms with Gasteiger partial charge in [0, 0.05) is 16.7 Å². The van der Waals surface area contributed by atoms with Crippen LogP contribution in [-0.4, -0.2) is 9.96 Å². The zero-order valence-corrected chi connectivity index (χ0v) is 11.2. The molecule has 0 saturated carbocycles. The number of hydrogen-bond acceptors (Lipinski definition) is 2. The Bertz CT molecular complexity index is 522. The van der Waals surface area contributed by atoms with Crippen LogP contribution in [0.5, 0.6) is 0 Å². The molecule has 18 heavy (non-hydrogen) atoms. The predicted octanol–water partition coefficient (Wildman–Crippen LogP) is 2.80. The molecule has 0 aromatic heterocycles. The van der Waals surface area contributed by atoms with E-state index >= 15 is 0 Å². The number of aryl methyl sites for hydroxylation is 1. The second kappa shape index (κ2) is 5.94. The summed E-state index contributed by atoms with van der Waals surface area (Å²) in [4.78, 5) is 0.840. The van der Waals surface area contributed by atoms with Crippen LogP contribution in [-0.2, 0) is 10.8 Å². The van der Waals surface area contributed by atoms with Crippen molar-refractivity contribution in [1.29, 1.82) is 0 Å². The van der Waals surface area contributed by atoms with E-state index in [1.165, 1.54) is 5.56 Å². The Hall–Kier alpha value is -1.45. The smallest absolute Gasteiger partial charge is 0.0548 e. The molecule has 2 N–H and O–H groups in total. The molecule has 0 aliphatic carbocycles. The highest BCUT2D eigenvalue weighted by Gasteiger charge is 2.11. The molecular formula is C15H17NOS. The molecule has 0 saturated heterocycles. The average Bonchev–Trinajstić information content (AvgIpc) is 2.40. The predicted molar refractivity (Wildman–Crippen MR) is 75.8 cm³/mol. The summed E-state index contributed by atoms with van der Waals surface area (Å²) in [5, 5.41) is 0. The van der Waals surface area contributed by atoms with Gasteiger partial charge in [-0.15, -0.1) is 0 Å². The van der Waals surface area contributed by atoms with Gasteiger partial charge < -0.3 is 5.73 Å². The van der Waals surface area contributed by atoms with Gasteiger partial charge in [-0.2, -0.15) is 0 Å². The van der Waals surface area contributed by atoms with E-state index in [1.807, 2.05) is 61.5 Å². The van der Waals surface area contributed by atoms with E-state index in [1.54, 1.807) is 0 Å². The van der Waals surface area contributed by atoms with Crippen LogP contribution >= 0.6 is 0 Å². The molecule has 2 aromatic carbocycles. The van der Waals surface area contributed by atoms with Crippen molar-refractivity contribution in [2.45, 2.75) is 17.9 Å². The van der Waals surface area contributed by atoms with Crippen molar-refractivity contribution < 1.29 is 4.21 Å². The lowest BCUT2D eigenvalue weighted by molar-refractivity contribution is 0.675. The van der Waals surface area contributed by atoms with Gasteiger partial charge in [0.15, 0.2) is 0 Å². The van der Waals surface area contributed by atoms with Crippen molar-refractivity contribution in [1.82, 2.24) is 0 Å². The third kappa shape index (κ3) is 3.28. The summed E-state index contributed by atoms with van der Waals surface area (Å²) >= 11 is 0. The molecule has 2 unspecified atom stereocenters. The first-order chi connectivity index (χ1) is 8.66. The highest BCUT2D eigenvalue weighted by Crippen LogP contribution is 2.15. The lowest BCUT2D eigenvalue weighted by Crippen LogP contribution is -2.18. The molecule has 0 bridgehead atoms. The van der Waals surface area contributed by atoms with Crippen LogP contribution in [0.1, 0.15) is 17.2 Å². The first kappa shape index (κ1) is 13.0. The molecule has 2 rings (SSSR count). The summed E-state index contributed by atoms with van der Waals surface area (Å²) in [5.41, 5.74) is 8.27. The second-order valence-electron chi connectivity index (χ2n) is 4.34. The summed E-state index contributed by atoms with van der Waals surface area (Å²) in [5.74, 6) is 0.451. The van der Waals surface area contributed by atoms with Gasteiger partial charge in [-0.05, 0) is 24.6 Å². The average molecular weight is 259 g/mol. The van der Waals surface area contributed by atoms with Gasteiger partial charge in [0.05, 0.1) is 10.8 Å². The van der Waals surface area contributed by atoms with Crippen molar-refractivity contribution in [2.75, 3.05) is 5.75 Å². The summed E-state index contributed by atoms with van der Waals surface area (Å²) in [7, 11) is -1.05. The van der Waals surface area contributed by atoms with Crippen LogP contribution in [0.3, 0.4) is 0 Å². The van der Waals surface area contributed by atoms with Gasteiger partial charge in [0.25, 0.3) is 0 Å². The Labute approximate surface area is 110 Å². The van der Waals surface area contributed by atoms with Crippen LogP contribution in [0.4, 0.5) is 0 Å². The normalized spacial score (nSPS) is 14.1. The monoisotopic (exact) mass is 259 g/mol. The Morgan fingerprint density at radius 3 is 2.28 bits per heavy atom. The van der Waals surface area contributed by atoms with E-state index in [9.17, 15) is 4.21 Å². The summed E-state index contributed by atoms with van der Waals surface area (Å²) < 4.78 is 12.2. The summed E-state index contributed by atoms with van der Waals surface area (Å²) in [6.45, 7) is 2.02. The first-order valence-electron chi connectivity index (χ1n) is 5.92.